The molecule has 1 N–H and O–H groups in total. The number of nitrogens with zero attached hydrogens (tertiary/aromatic N) is 2. The van der Waals surface area contributed by atoms with Gasteiger partial charge in [0, 0.05) is 0 Å². The van der Waals surface area contributed by atoms with E-state index in [2.05, 4.69) is 4.98 Å². The lowest BCUT2D eigenvalue weighted by Gasteiger charge is -2.13. The van der Waals surface area contributed by atoms with Gasteiger partial charge in [0.2, 0.25) is 0 Å². The maximum absolute atomic E-state index is 12.8. The van der Waals surface area contributed by atoms with E-state index >= 15 is 0 Å². The highest BCUT2D eigenvalue weighted by molar-refractivity contribution is 7.17. The zero-order chi connectivity index (χ0) is 15.5. The summed E-state index contributed by atoms with van der Waals surface area (Å²) in [5, 5.41) is 11.8. The van der Waals surface area contributed by atoms with E-state index in [0.29, 0.717) is 16.0 Å². The summed E-state index contributed by atoms with van der Waals surface area (Å²) in [4.78, 5) is 16.3. The van der Waals surface area contributed by atoms with E-state index in [1.165, 1.54) is 46.5 Å². The molecule has 1 atom stereocenters. The van der Waals surface area contributed by atoms with Crippen LogP contribution in [0.4, 0.5) is 4.39 Å². The molecule has 2 aromatic heterocycles. The van der Waals surface area contributed by atoms with Crippen molar-refractivity contribution in [2.24, 2.45) is 0 Å². The minimum absolute atomic E-state index is 0.000546. The lowest BCUT2D eigenvalue weighted by Crippen LogP contribution is -2.30. The first kappa shape index (κ1) is 14.7. The number of hydrogen-bond acceptors (Lipinski definition) is 5. The molecule has 0 amide bonds. The molecular weight excluding hydrogens is 307 g/mol. The quantitative estimate of drug-likeness (QED) is 0.781. The Morgan fingerprint density at radius 2 is 2.09 bits per heavy atom. The van der Waals surface area contributed by atoms with Crippen molar-refractivity contribution < 1.29 is 14.2 Å². The molecule has 0 aliphatic carbocycles. The summed E-state index contributed by atoms with van der Waals surface area (Å²) in [6.07, 6.45) is 0.542. The van der Waals surface area contributed by atoms with Crippen molar-refractivity contribution in [2.75, 3.05) is 6.61 Å². The smallest absolute Gasteiger partial charge is 0.271 e. The van der Waals surface area contributed by atoms with Gasteiger partial charge in [0.15, 0.2) is 0 Å². The number of aliphatic hydroxyl groups excluding tert-OH is 1. The average molecular weight is 320 g/mol. The zero-order valence-corrected chi connectivity index (χ0v) is 12.3. The molecule has 3 rings (SSSR count). The Hall–Kier alpha value is -2.25. The molecule has 0 fully saturated rings. The molecule has 0 aliphatic rings. The van der Waals surface area contributed by atoms with Crippen LogP contribution in [0.3, 0.4) is 0 Å². The van der Waals surface area contributed by atoms with Crippen LogP contribution in [0.25, 0.3) is 10.2 Å². The van der Waals surface area contributed by atoms with E-state index in [4.69, 9.17) is 4.74 Å². The van der Waals surface area contributed by atoms with Gasteiger partial charge in [-0.3, -0.25) is 9.36 Å². The highest BCUT2D eigenvalue weighted by Crippen LogP contribution is 2.14. The molecule has 22 heavy (non-hydrogen) atoms. The van der Waals surface area contributed by atoms with Crippen molar-refractivity contribution in [3.8, 4) is 5.75 Å². The summed E-state index contributed by atoms with van der Waals surface area (Å²) >= 11 is 1.32. The number of hydrogen-bond donors (Lipinski definition) is 1. The Bertz CT molecular complexity index is 829. The van der Waals surface area contributed by atoms with Crippen LogP contribution >= 0.6 is 11.3 Å². The van der Waals surface area contributed by atoms with E-state index in [9.17, 15) is 14.3 Å². The SMILES string of the molecule is O=c1c2sccc2ncn1C[C@H](O)COc1ccc(F)cc1. The molecule has 0 radical (unpaired) electrons. The molecule has 1 aromatic carbocycles. The number of aromatic nitrogens is 2. The summed E-state index contributed by atoms with van der Waals surface area (Å²) in [7, 11) is 0. The fourth-order valence-electron chi connectivity index (χ4n) is 2.01. The number of benzene rings is 1. The van der Waals surface area contributed by atoms with Gasteiger partial charge in [-0.2, -0.15) is 0 Å². The molecule has 0 aliphatic heterocycles. The van der Waals surface area contributed by atoms with Gasteiger partial charge >= 0.3 is 0 Å². The number of halogens is 1. The monoisotopic (exact) mass is 320 g/mol. The third-order valence-electron chi connectivity index (χ3n) is 3.10. The number of ether oxygens (including phenoxy) is 1. The summed E-state index contributed by atoms with van der Waals surface area (Å²) in [5.41, 5.74) is 0.476. The fourth-order valence-corrected chi connectivity index (χ4v) is 2.80. The van der Waals surface area contributed by atoms with Crippen molar-refractivity contribution in [1.29, 1.82) is 0 Å². The molecule has 7 heteroatoms. The maximum atomic E-state index is 12.8. The van der Waals surface area contributed by atoms with E-state index in [0.717, 1.165) is 0 Å². The minimum Gasteiger partial charge on any atom is -0.491 e. The highest BCUT2D eigenvalue weighted by Gasteiger charge is 2.11. The largest absolute Gasteiger partial charge is 0.491 e. The normalized spacial score (nSPS) is 12.5. The molecule has 0 saturated heterocycles. The Morgan fingerprint density at radius 1 is 1.32 bits per heavy atom. The Kier molecular flexibility index (Phi) is 4.17. The molecule has 114 valence electrons. The molecule has 3 aromatic rings. The van der Waals surface area contributed by atoms with Crippen LogP contribution in [0.1, 0.15) is 0 Å². The van der Waals surface area contributed by atoms with Crippen molar-refractivity contribution in [3.63, 3.8) is 0 Å². The van der Waals surface area contributed by atoms with Crippen molar-refractivity contribution >= 4 is 21.6 Å². The molecule has 0 spiro atoms. The number of rotatable bonds is 5. The first-order valence-corrected chi connectivity index (χ1v) is 7.50. The third kappa shape index (κ3) is 3.15. The van der Waals surface area contributed by atoms with Crippen LogP contribution in [-0.2, 0) is 6.54 Å². The first-order valence-electron chi connectivity index (χ1n) is 6.62. The topological polar surface area (TPSA) is 64.4 Å². The Morgan fingerprint density at radius 3 is 2.86 bits per heavy atom. The summed E-state index contributed by atoms with van der Waals surface area (Å²) in [6, 6.07) is 7.29. The summed E-state index contributed by atoms with van der Waals surface area (Å²) < 4.78 is 20.0. The molecule has 0 saturated carbocycles. The van der Waals surface area contributed by atoms with Gasteiger partial charge in [-0.1, -0.05) is 0 Å². The Balaban J connectivity index is 1.65. The molecule has 5 nitrogen and oxygen atoms in total. The Labute approximate surface area is 129 Å². The first-order chi connectivity index (χ1) is 10.6. The van der Waals surface area contributed by atoms with Crippen molar-refractivity contribution in [2.45, 2.75) is 12.6 Å². The van der Waals surface area contributed by atoms with Gasteiger partial charge in [-0.05, 0) is 35.7 Å². The van der Waals surface area contributed by atoms with Gasteiger partial charge in [0.25, 0.3) is 5.56 Å². The number of thiophene rings is 1. The van der Waals surface area contributed by atoms with E-state index in [-0.39, 0.29) is 24.5 Å². The second kappa shape index (κ2) is 6.25. The average Bonchev–Trinajstić information content (AvgIpc) is 2.99. The van der Waals surface area contributed by atoms with Crippen LogP contribution < -0.4 is 10.3 Å². The van der Waals surface area contributed by atoms with E-state index < -0.39 is 6.10 Å². The number of aliphatic hydroxyl groups is 1. The predicted molar refractivity (Wildman–Crippen MR) is 81.8 cm³/mol. The van der Waals surface area contributed by atoms with Crippen LogP contribution in [0.5, 0.6) is 5.75 Å². The maximum Gasteiger partial charge on any atom is 0.271 e. The summed E-state index contributed by atoms with van der Waals surface area (Å²) in [5.74, 6) is 0.106. The predicted octanol–water partition coefficient (Wildman–Crippen LogP) is 2.04. The van der Waals surface area contributed by atoms with Gasteiger partial charge in [-0.15, -0.1) is 11.3 Å². The summed E-state index contributed by atoms with van der Waals surface area (Å²) in [6.45, 7) is 0.0847. The van der Waals surface area contributed by atoms with E-state index in [1.807, 2.05) is 0 Å². The molecule has 2 heterocycles. The van der Waals surface area contributed by atoms with Crippen LogP contribution in [0.15, 0.2) is 46.8 Å². The molecule has 0 unspecified atom stereocenters. The second-order valence-corrected chi connectivity index (χ2v) is 5.67. The van der Waals surface area contributed by atoms with E-state index in [1.54, 1.807) is 11.4 Å². The lowest BCUT2D eigenvalue weighted by molar-refractivity contribution is 0.0914. The van der Waals surface area contributed by atoms with Gasteiger partial charge < -0.3 is 9.84 Å². The fraction of sp³-hybridized carbons (Fsp3) is 0.200. The standard InChI is InChI=1S/C15H13FN2O3S/c16-10-1-3-12(4-2-10)21-8-11(19)7-18-9-17-13-5-6-22-14(13)15(18)20/h1-6,9,11,19H,7-8H2/t11-/m0/s1. The van der Waals surface area contributed by atoms with Crippen molar-refractivity contribution in [1.82, 2.24) is 9.55 Å². The highest BCUT2D eigenvalue weighted by atomic mass is 32.1. The second-order valence-electron chi connectivity index (χ2n) is 4.76. The van der Waals surface area contributed by atoms with Gasteiger partial charge in [-0.25, -0.2) is 9.37 Å². The molecule has 0 bridgehead atoms. The number of fused-ring (bicyclic) bond motifs is 1. The van der Waals surface area contributed by atoms with Gasteiger partial charge in [0.1, 0.15) is 29.0 Å². The minimum atomic E-state index is -0.873. The zero-order valence-electron chi connectivity index (χ0n) is 11.5. The van der Waals surface area contributed by atoms with Crippen LogP contribution in [0, 0.1) is 5.82 Å². The van der Waals surface area contributed by atoms with Gasteiger partial charge in [0.05, 0.1) is 18.4 Å². The molecular formula is C15H13FN2O3S. The van der Waals surface area contributed by atoms with Crippen LogP contribution in [-0.4, -0.2) is 27.4 Å². The van der Waals surface area contributed by atoms with Crippen LogP contribution in [0.2, 0.25) is 0 Å². The third-order valence-corrected chi connectivity index (χ3v) is 3.99. The lowest BCUT2D eigenvalue weighted by atomic mass is 10.3. The van der Waals surface area contributed by atoms with Crippen molar-refractivity contribution in [3.05, 3.63) is 58.2 Å².